The predicted octanol–water partition coefficient (Wildman–Crippen LogP) is 16.8. The number of allylic oxidation sites excluding steroid dienone is 10. The molecule has 0 bridgehead atoms. The van der Waals surface area contributed by atoms with Gasteiger partial charge in [-0.1, -0.05) is 194 Å². The van der Waals surface area contributed by atoms with Gasteiger partial charge in [0, 0.05) is 19.3 Å². The number of hydrogen-bond donors (Lipinski definition) is 0. The van der Waals surface area contributed by atoms with Crippen molar-refractivity contribution in [3.63, 3.8) is 0 Å². The smallest absolute Gasteiger partial charge is 0.306 e. The van der Waals surface area contributed by atoms with E-state index in [9.17, 15) is 10.1 Å². The summed E-state index contributed by atoms with van der Waals surface area (Å²) < 4.78 is 17.9. The minimum absolute atomic E-state index is 0.128. The molecule has 0 N–H and O–H groups in total. The van der Waals surface area contributed by atoms with Crippen LogP contribution in [0.2, 0.25) is 0 Å². The molecule has 0 aliphatic rings. The Morgan fingerprint density at radius 2 is 1.11 bits per heavy atom. The van der Waals surface area contributed by atoms with E-state index in [1.807, 2.05) is 37.3 Å². The largest absolute Gasteiger partial charge is 0.495 e. The number of unbranched alkanes of at least 4 members (excludes halogenated alkanes) is 16. The zero-order chi connectivity index (χ0) is 44.5. The Labute approximate surface area is 383 Å². The second-order valence-electron chi connectivity index (χ2n) is 16.4. The predicted molar refractivity (Wildman–Crippen MR) is 268 cm³/mol. The molecule has 0 heterocycles. The van der Waals surface area contributed by atoms with Gasteiger partial charge in [-0.05, 0) is 96.0 Å². The maximum Gasteiger partial charge on any atom is 0.306 e. The van der Waals surface area contributed by atoms with Crippen molar-refractivity contribution in [3.05, 3.63) is 109 Å². The monoisotopic (exact) mass is 874 g/mol. The average Bonchev–Trinajstić information content (AvgIpc) is 3.26. The molecule has 1 rings (SSSR count). The number of hydrogen-bond acceptors (Lipinski definition) is 7. The van der Waals surface area contributed by atoms with Gasteiger partial charge < -0.3 is 14.2 Å². The molecule has 0 aliphatic carbocycles. The van der Waals surface area contributed by atoms with Gasteiger partial charge in [-0.2, -0.15) is 5.26 Å². The molecular formula is C54H83NO4S2. The van der Waals surface area contributed by atoms with E-state index in [4.69, 9.17) is 26.4 Å². The molecule has 1 aromatic rings. The van der Waals surface area contributed by atoms with E-state index >= 15 is 0 Å². The van der Waals surface area contributed by atoms with Crippen molar-refractivity contribution < 1.29 is 19.0 Å². The van der Waals surface area contributed by atoms with Crippen LogP contribution in [0.5, 0.6) is 0 Å². The number of benzene rings is 1. The SMILES string of the molecule is C=C(CCCCCCC/C=C/C/C=C/CCCCC)OCC(COC(=C)CCC(C)(C#N)SC(=S)c1ccccc1)OC(=O)CCCCCCC/C=C/C/C=C/CCCCC. The first-order chi connectivity index (χ1) is 29.7. The fourth-order valence-electron chi connectivity index (χ4n) is 6.49. The molecular weight excluding hydrogens is 791 g/mol. The molecule has 7 heteroatoms. The molecule has 0 amide bonds. The van der Waals surface area contributed by atoms with Crippen LogP contribution in [0, 0.1) is 11.3 Å². The van der Waals surface area contributed by atoms with Crippen molar-refractivity contribution in [2.75, 3.05) is 13.2 Å². The van der Waals surface area contributed by atoms with E-state index in [0.717, 1.165) is 76.2 Å². The Kier molecular flexibility index (Phi) is 36.1. The molecule has 0 fully saturated rings. The van der Waals surface area contributed by atoms with Gasteiger partial charge in [-0.25, -0.2) is 0 Å². The fraction of sp³-hybridized carbons (Fsp3) is 0.611. The highest BCUT2D eigenvalue weighted by Crippen LogP contribution is 2.34. The summed E-state index contributed by atoms with van der Waals surface area (Å²) in [6, 6.07) is 12.2. The van der Waals surface area contributed by atoms with Crippen molar-refractivity contribution in [1.29, 1.82) is 5.26 Å². The Morgan fingerprint density at radius 1 is 0.672 bits per heavy atom. The van der Waals surface area contributed by atoms with E-state index in [1.54, 1.807) is 0 Å². The van der Waals surface area contributed by atoms with Gasteiger partial charge in [0.1, 0.15) is 18.0 Å². The fourth-order valence-corrected chi connectivity index (χ4v) is 8.09. The Balaban J connectivity index is 2.48. The minimum Gasteiger partial charge on any atom is -0.495 e. The minimum atomic E-state index is -0.741. The highest BCUT2D eigenvalue weighted by Gasteiger charge is 2.28. The number of nitrogens with zero attached hydrogens (tertiary/aromatic N) is 1. The van der Waals surface area contributed by atoms with E-state index < -0.39 is 10.9 Å². The summed E-state index contributed by atoms with van der Waals surface area (Å²) in [7, 11) is 0. The number of carbonyl (C=O) groups is 1. The molecule has 0 aromatic heterocycles. The van der Waals surface area contributed by atoms with Gasteiger partial charge >= 0.3 is 5.97 Å². The van der Waals surface area contributed by atoms with Crippen molar-refractivity contribution in [3.8, 4) is 6.07 Å². The lowest BCUT2D eigenvalue weighted by atomic mass is 10.1. The summed E-state index contributed by atoms with van der Waals surface area (Å²) >= 11 is 7.03. The third-order valence-electron chi connectivity index (χ3n) is 10.4. The Morgan fingerprint density at radius 3 is 1.61 bits per heavy atom. The summed E-state index contributed by atoms with van der Waals surface area (Å²) in [5.74, 6) is 0.998. The van der Waals surface area contributed by atoms with Crippen molar-refractivity contribution >= 4 is 34.1 Å². The number of rotatable bonds is 40. The van der Waals surface area contributed by atoms with Crippen molar-refractivity contribution in [2.24, 2.45) is 0 Å². The van der Waals surface area contributed by atoms with Gasteiger partial charge in [0.25, 0.3) is 0 Å². The van der Waals surface area contributed by atoms with E-state index in [2.05, 4.69) is 81.7 Å². The molecule has 2 unspecified atom stereocenters. The number of nitriles is 1. The van der Waals surface area contributed by atoms with Crippen LogP contribution in [0.1, 0.15) is 193 Å². The maximum absolute atomic E-state index is 13.0. The van der Waals surface area contributed by atoms with Crippen LogP contribution >= 0.6 is 24.0 Å². The molecule has 61 heavy (non-hydrogen) atoms. The first-order valence-corrected chi connectivity index (χ1v) is 25.1. The lowest BCUT2D eigenvalue weighted by molar-refractivity contribution is -0.154. The Hall–Kier alpha value is -3.34. The first kappa shape index (κ1) is 55.7. The summed E-state index contributed by atoms with van der Waals surface area (Å²) in [5.41, 5.74) is 0.931. The molecule has 0 saturated carbocycles. The molecule has 1 aromatic carbocycles. The summed E-state index contributed by atoms with van der Waals surface area (Å²) in [6.45, 7) is 15.0. The van der Waals surface area contributed by atoms with Crippen molar-refractivity contribution in [1.82, 2.24) is 0 Å². The maximum atomic E-state index is 13.0. The van der Waals surface area contributed by atoms with Crippen LogP contribution in [0.15, 0.2) is 104 Å². The molecule has 340 valence electrons. The third kappa shape index (κ3) is 33.9. The van der Waals surface area contributed by atoms with Gasteiger partial charge in [0.2, 0.25) is 0 Å². The molecule has 5 nitrogen and oxygen atoms in total. The van der Waals surface area contributed by atoms with E-state index in [0.29, 0.717) is 35.0 Å². The summed E-state index contributed by atoms with van der Waals surface area (Å²) in [5, 5.41) is 10.0. The molecule has 0 radical (unpaired) electrons. The third-order valence-corrected chi connectivity index (χ3v) is 12.1. The second-order valence-corrected chi connectivity index (χ2v) is 18.6. The number of ether oxygens (including phenoxy) is 3. The molecule has 0 spiro atoms. The first-order valence-electron chi connectivity index (χ1n) is 23.8. The van der Waals surface area contributed by atoms with Crippen LogP contribution in [0.25, 0.3) is 0 Å². The zero-order valence-corrected chi connectivity index (χ0v) is 40.3. The zero-order valence-electron chi connectivity index (χ0n) is 38.7. The second kappa shape index (κ2) is 39.5. The lowest BCUT2D eigenvalue weighted by Gasteiger charge is -2.23. The highest BCUT2D eigenvalue weighted by atomic mass is 32.2. The Bertz CT molecular complexity index is 1460. The molecule has 0 saturated heterocycles. The van der Waals surface area contributed by atoms with E-state index in [-0.39, 0.29) is 19.2 Å². The normalized spacial score (nSPS) is 13.1. The average molecular weight is 874 g/mol. The van der Waals surface area contributed by atoms with Crippen LogP contribution in [-0.2, 0) is 19.0 Å². The van der Waals surface area contributed by atoms with E-state index in [1.165, 1.54) is 88.8 Å². The highest BCUT2D eigenvalue weighted by molar-refractivity contribution is 8.24. The quantitative estimate of drug-likeness (QED) is 0.0214. The standard InChI is InChI=1S/C54H83NO4S2/c1-6-8-10-12-14-16-18-20-22-24-26-28-30-32-35-39-48(3)57-45-51(46-58-49(4)43-44-54(5,47-55)61-53(60)50-40-36-34-37-41-50)59-52(56)42-38-33-31-29-27-25-23-21-19-17-15-13-11-9-7-2/h14-17,20-23,34,36-37,40-41,51H,3-4,6-13,18-19,24-33,35,38-39,42-46H2,1-2,5H3/b16-14+,17-15+,22-20+,23-21+. The van der Waals surface area contributed by atoms with Crippen LogP contribution in [-0.4, -0.2) is 34.2 Å². The van der Waals surface area contributed by atoms with Gasteiger partial charge in [-0.15, -0.1) is 0 Å². The van der Waals surface area contributed by atoms with Crippen molar-refractivity contribution in [2.45, 2.75) is 199 Å². The topological polar surface area (TPSA) is 68.6 Å². The number of thiocarbonyl (C=S) groups is 1. The van der Waals surface area contributed by atoms with Crippen LogP contribution < -0.4 is 0 Å². The number of carbonyl (C=O) groups excluding carboxylic acids is 1. The summed E-state index contributed by atoms with van der Waals surface area (Å²) in [6.07, 6.45) is 45.4. The lowest BCUT2D eigenvalue weighted by Crippen LogP contribution is -2.28. The number of thioether (sulfide) groups is 1. The van der Waals surface area contributed by atoms with Crippen LogP contribution in [0.3, 0.4) is 0 Å². The summed E-state index contributed by atoms with van der Waals surface area (Å²) in [4.78, 5) is 13.0. The molecule has 0 aliphatic heterocycles. The van der Waals surface area contributed by atoms with Gasteiger partial charge in [0.15, 0.2) is 6.10 Å². The number of esters is 1. The van der Waals surface area contributed by atoms with Gasteiger partial charge in [0.05, 0.1) is 21.8 Å². The molecule has 2 atom stereocenters. The van der Waals surface area contributed by atoms with Gasteiger partial charge in [-0.3, -0.25) is 4.79 Å². The van der Waals surface area contributed by atoms with Crippen LogP contribution in [0.4, 0.5) is 0 Å².